The average Bonchev–Trinajstić information content (AvgIpc) is 3.65. The maximum atomic E-state index is 12.5. The number of para-hydroxylation sites is 1. The fourth-order valence-electron chi connectivity index (χ4n) is 4.06. The smallest absolute Gasteiger partial charge is 0.305 e. The van der Waals surface area contributed by atoms with E-state index in [1.807, 2.05) is 48.5 Å². The number of carboxylic acids is 1. The van der Waals surface area contributed by atoms with Gasteiger partial charge in [-0.1, -0.05) is 42.5 Å². The summed E-state index contributed by atoms with van der Waals surface area (Å²) in [6.07, 6.45) is 6.12. The van der Waals surface area contributed by atoms with Crippen molar-refractivity contribution < 1.29 is 24.1 Å². The lowest BCUT2D eigenvalue weighted by Crippen LogP contribution is -2.12. The molecule has 1 atom stereocenters. The summed E-state index contributed by atoms with van der Waals surface area (Å²) in [6.45, 7) is -0.497. The topological polar surface area (TPSA) is 79.7 Å². The number of fused-ring (bicyclic) bond motifs is 1. The summed E-state index contributed by atoms with van der Waals surface area (Å²) in [4.78, 5) is 15.8. The van der Waals surface area contributed by atoms with Gasteiger partial charge >= 0.3 is 5.97 Å². The van der Waals surface area contributed by atoms with E-state index < -0.39 is 18.7 Å². The molecule has 1 aliphatic rings. The summed E-state index contributed by atoms with van der Waals surface area (Å²) >= 11 is 0. The minimum Gasteiger partial charge on any atom is -0.491 e. The van der Waals surface area contributed by atoms with Gasteiger partial charge in [-0.3, -0.25) is 9.78 Å². The van der Waals surface area contributed by atoms with Crippen LogP contribution < -0.4 is 4.74 Å². The number of ether oxygens (including phenoxy) is 1. The number of carbonyl (C=O) groups is 1. The number of aromatic nitrogens is 1. The van der Waals surface area contributed by atoms with E-state index >= 15 is 0 Å². The van der Waals surface area contributed by atoms with Crippen LogP contribution in [0, 0.1) is 0 Å². The Morgan fingerprint density at radius 2 is 1.94 bits per heavy atom. The number of pyridine rings is 1. The minimum atomic E-state index is -0.998. The zero-order valence-electron chi connectivity index (χ0n) is 18.4. The van der Waals surface area contributed by atoms with Crippen LogP contribution in [0.4, 0.5) is 4.39 Å². The molecule has 1 heterocycles. The Hall–Kier alpha value is -3.25. The number of nitrogens with zero attached hydrogens (tertiary/aromatic N) is 1. The fraction of sp³-hybridized carbons (Fsp3) is 0.333. The Balaban J connectivity index is 1.72. The van der Waals surface area contributed by atoms with Gasteiger partial charge in [0.15, 0.2) is 0 Å². The molecule has 1 aliphatic carbocycles. The zero-order chi connectivity index (χ0) is 23.2. The maximum absolute atomic E-state index is 12.5. The second-order valence-corrected chi connectivity index (χ2v) is 8.37. The van der Waals surface area contributed by atoms with Gasteiger partial charge in [-0.25, -0.2) is 4.39 Å². The molecule has 0 saturated heterocycles. The molecule has 0 aliphatic heterocycles. The first-order valence-corrected chi connectivity index (χ1v) is 11.3. The predicted octanol–water partition coefficient (Wildman–Crippen LogP) is 5.76. The Kier molecular flexibility index (Phi) is 7.35. The van der Waals surface area contributed by atoms with Crippen molar-refractivity contribution in [3.05, 3.63) is 65.9 Å². The average molecular weight is 450 g/mol. The third-order valence-corrected chi connectivity index (χ3v) is 5.77. The highest BCUT2D eigenvalue weighted by Gasteiger charge is 2.29. The highest BCUT2D eigenvalue weighted by Crippen LogP contribution is 2.45. The molecule has 33 heavy (non-hydrogen) atoms. The van der Waals surface area contributed by atoms with Gasteiger partial charge in [-0.2, -0.15) is 0 Å². The van der Waals surface area contributed by atoms with Crippen molar-refractivity contribution in [2.24, 2.45) is 0 Å². The first kappa shape index (κ1) is 22.9. The van der Waals surface area contributed by atoms with Gasteiger partial charge in [-0.05, 0) is 49.4 Å². The van der Waals surface area contributed by atoms with Gasteiger partial charge in [0, 0.05) is 22.4 Å². The number of benzene rings is 2. The second-order valence-electron chi connectivity index (χ2n) is 8.37. The Labute approximate surface area is 192 Å². The van der Waals surface area contributed by atoms with Gasteiger partial charge in [0.2, 0.25) is 0 Å². The van der Waals surface area contributed by atoms with Crippen molar-refractivity contribution >= 4 is 22.9 Å². The standard InChI is InChI=1S/C27H28FNO4/c28-15-16-33-21-13-11-18(12-14-21)26-22-6-3-4-8-24(22)29-27(19-9-10-19)23(26)7-2-1-5-20(30)17-25(31)32/h2-4,6-8,11-14,19-20,30H,1,5,9-10,15-17H2,(H,31,32)/b7-2+. The summed E-state index contributed by atoms with van der Waals surface area (Å²) in [6, 6.07) is 15.8. The molecule has 1 fully saturated rings. The number of aliphatic carboxylic acids is 1. The molecule has 5 nitrogen and oxygen atoms in total. The van der Waals surface area contributed by atoms with Crippen LogP contribution in [0.2, 0.25) is 0 Å². The molecular formula is C27H28FNO4. The molecule has 1 unspecified atom stereocenters. The number of allylic oxidation sites excluding steroid dienone is 1. The number of hydrogen-bond acceptors (Lipinski definition) is 4. The van der Waals surface area contributed by atoms with E-state index in [2.05, 4.69) is 12.1 Å². The molecule has 3 aromatic rings. The highest BCUT2D eigenvalue weighted by molar-refractivity contribution is 5.99. The van der Waals surface area contributed by atoms with Crippen LogP contribution in [-0.4, -0.2) is 40.6 Å². The number of hydrogen-bond donors (Lipinski definition) is 2. The number of aliphatic hydroxyl groups excluding tert-OH is 1. The number of halogens is 1. The first-order valence-electron chi connectivity index (χ1n) is 11.3. The van der Waals surface area contributed by atoms with E-state index in [0.717, 1.165) is 46.1 Å². The lowest BCUT2D eigenvalue weighted by atomic mass is 9.92. The molecule has 0 amide bonds. The Morgan fingerprint density at radius 1 is 1.18 bits per heavy atom. The van der Waals surface area contributed by atoms with Crippen molar-refractivity contribution in [3.8, 4) is 16.9 Å². The van der Waals surface area contributed by atoms with Crippen LogP contribution in [0.1, 0.15) is 49.3 Å². The molecule has 0 bridgehead atoms. The van der Waals surface area contributed by atoms with Crippen molar-refractivity contribution in [2.45, 2.75) is 44.1 Å². The molecular weight excluding hydrogens is 421 g/mol. The van der Waals surface area contributed by atoms with E-state index in [4.69, 9.17) is 14.8 Å². The largest absolute Gasteiger partial charge is 0.491 e. The predicted molar refractivity (Wildman–Crippen MR) is 127 cm³/mol. The molecule has 2 N–H and O–H groups in total. The minimum absolute atomic E-state index is 0.0328. The lowest BCUT2D eigenvalue weighted by molar-refractivity contribution is -0.139. The van der Waals surface area contributed by atoms with E-state index in [9.17, 15) is 14.3 Å². The molecule has 172 valence electrons. The molecule has 1 aromatic heterocycles. The van der Waals surface area contributed by atoms with Crippen LogP contribution >= 0.6 is 0 Å². The highest BCUT2D eigenvalue weighted by atomic mass is 19.1. The number of rotatable bonds is 11. The molecule has 0 spiro atoms. The molecule has 1 saturated carbocycles. The molecule has 6 heteroatoms. The fourth-order valence-corrected chi connectivity index (χ4v) is 4.06. The second kappa shape index (κ2) is 10.6. The van der Waals surface area contributed by atoms with Crippen LogP contribution in [0.3, 0.4) is 0 Å². The van der Waals surface area contributed by atoms with Crippen LogP contribution in [0.15, 0.2) is 54.6 Å². The Morgan fingerprint density at radius 3 is 2.64 bits per heavy atom. The van der Waals surface area contributed by atoms with Crippen LogP contribution in [-0.2, 0) is 4.79 Å². The van der Waals surface area contributed by atoms with Crippen molar-refractivity contribution in [3.63, 3.8) is 0 Å². The summed E-state index contributed by atoms with van der Waals surface area (Å²) in [7, 11) is 0. The third kappa shape index (κ3) is 5.76. The third-order valence-electron chi connectivity index (χ3n) is 5.77. The number of aliphatic hydroxyl groups is 1. The maximum Gasteiger partial charge on any atom is 0.305 e. The zero-order valence-corrected chi connectivity index (χ0v) is 18.4. The van der Waals surface area contributed by atoms with Crippen LogP contribution in [0.25, 0.3) is 28.1 Å². The monoisotopic (exact) mass is 449 g/mol. The van der Waals surface area contributed by atoms with Gasteiger partial charge in [-0.15, -0.1) is 0 Å². The van der Waals surface area contributed by atoms with Gasteiger partial charge in [0.05, 0.1) is 23.7 Å². The summed E-state index contributed by atoms with van der Waals surface area (Å²) in [5, 5.41) is 19.8. The van der Waals surface area contributed by atoms with Gasteiger partial charge in [0.25, 0.3) is 0 Å². The molecule has 0 radical (unpaired) electrons. The van der Waals surface area contributed by atoms with Crippen molar-refractivity contribution in [2.75, 3.05) is 13.3 Å². The SMILES string of the molecule is O=C(O)CC(O)CC/C=C/c1c(C2CC2)nc2ccccc2c1-c1ccc(OCCF)cc1. The van der Waals surface area contributed by atoms with E-state index in [1.165, 1.54) is 0 Å². The number of alkyl halides is 1. The summed E-state index contributed by atoms with van der Waals surface area (Å²) in [5.74, 6) is 0.0573. The summed E-state index contributed by atoms with van der Waals surface area (Å²) < 4.78 is 17.8. The van der Waals surface area contributed by atoms with Gasteiger partial charge in [0.1, 0.15) is 19.0 Å². The Bertz CT molecular complexity index is 1140. The molecule has 4 rings (SSSR count). The van der Waals surface area contributed by atoms with E-state index in [-0.39, 0.29) is 13.0 Å². The van der Waals surface area contributed by atoms with Crippen LogP contribution in [0.5, 0.6) is 5.75 Å². The van der Waals surface area contributed by atoms with E-state index in [0.29, 0.717) is 24.5 Å². The quantitative estimate of drug-likeness (QED) is 0.389. The number of carboxylic acid groups (broad SMARTS) is 1. The lowest BCUT2D eigenvalue weighted by Gasteiger charge is -2.16. The normalized spacial score (nSPS) is 14.6. The van der Waals surface area contributed by atoms with Crippen molar-refractivity contribution in [1.82, 2.24) is 4.98 Å². The summed E-state index contributed by atoms with van der Waals surface area (Å²) in [5.41, 5.74) is 5.18. The first-order chi connectivity index (χ1) is 16.1. The van der Waals surface area contributed by atoms with Gasteiger partial charge < -0.3 is 14.9 Å². The molecule has 2 aromatic carbocycles. The van der Waals surface area contributed by atoms with E-state index in [1.54, 1.807) is 0 Å². The van der Waals surface area contributed by atoms with Crippen molar-refractivity contribution in [1.29, 1.82) is 0 Å².